The Bertz CT molecular complexity index is 1030. The van der Waals surface area contributed by atoms with Crippen LogP contribution in [-0.2, 0) is 16.0 Å². The summed E-state index contributed by atoms with van der Waals surface area (Å²) in [5, 5.41) is 3.27. The molecule has 2 unspecified atom stereocenters. The number of anilines is 1. The maximum absolute atomic E-state index is 14.2. The zero-order chi connectivity index (χ0) is 22.6. The third kappa shape index (κ3) is 3.68. The SMILES string of the molecule is CC1CC(NC(=O)Cc2ccccc2)c2ccccc2N1C(=O)C12CC3CC(CC(C3)C1)C2. The number of carbonyl (C=O) groups excluding carboxylic acids is 2. The molecule has 1 N–H and O–H groups in total. The van der Waals surface area contributed by atoms with Gasteiger partial charge in [0.1, 0.15) is 0 Å². The Hall–Kier alpha value is -2.62. The number of nitrogens with zero attached hydrogens (tertiary/aromatic N) is 1. The fourth-order valence-electron chi connectivity index (χ4n) is 7.91. The lowest BCUT2D eigenvalue weighted by Crippen LogP contribution is -2.58. The van der Waals surface area contributed by atoms with Crippen molar-refractivity contribution in [2.24, 2.45) is 23.2 Å². The topological polar surface area (TPSA) is 49.4 Å². The number of fused-ring (bicyclic) bond motifs is 1. The monoisotopic (exact) mass is 442 g/mol. The first-order chi connectivity index (χ1) is 16.0. The van der Waals surface area contributed by atoms with E-state index in [0.29, 0.717) is 12.3 Å². The minimum Gasteiger partial charge on any atom is -0.349 e. The molecule has 33 heavy (non-hydrogen) atoms. The van der Waals surface area contributed by atoms with Crippen LogP contribution in [0.2, 0.25) is 0 Å². The summed E-state index contributed by atoms with van der Waals surface area (Å²) in [6.45, 7) is 2.16. The quantitative estimate of drug-likeness (QED) is 0.687. The van der Waals surface area contributed by atoms with Crippen LogP contribution < -0.4 is 10.2 Å². The molecule has 0 spiro atoms. The number of hydrogen-bond donors (Lipinski definition) is 1. The fourth-order valence-corrected chi connectivity index (χ4v) is 7.91. The Labute approximate surface area is 196 Å². The number of rotatable bonds is 4. The van der Waals surface area contributed by atoms with E-state index in [0.717, 1.165) is 60.3 Å². The van der Waals surface area contributed by atoms with E-state index in [4.69, 9.17) is 0 Å². The average Bonchev–Trinajstić information content (AvgIpc) is 2.78. The standard InChI is InChI=1S/C29H34N2O2/c1-19-11-25(30-27(32)15-20-7-3-2-4-8-20)24-9-5-6-10-26(24)31(19)28(33)29-16-21-12-22(17-29)14-23(13-21)18-29/h2-10,19,21-23,25H,11-18H2,1H3,(H,30,32). The first-order valence-corrected chi connectivity index (χ1v) is 12.8. The van der Waals surface area contributed by atoms with E-state index in [1.54, 1.807) is 0 Å². The Morgan fingerprint density at radius 2 is 1.48 bits per heavy atom. The number of para-hydroxylation sites is 1. The summed E-state index contributed by atoms with van der Waals surface area (Å²) in [7, 11) is 0. The number of benzene rings is 2. The van der Waals surface area contributed by atoms with Crippen molar-refractivity contribution in [1.82, 2.24) is 5.32 Å². The van der Waals surface area contributed by atoms with Crippen molar-refractivity contribution in [3.05, 3.63) is 65.7 Å². The zero-order valence-corrected chi connectivity index (χ0v) is 19.5. The molecule has 4 saturated carbocycles. The summed E-state index contributed by atoms with van der Waals surface area (Å²) in [5.41, 5.74) is 2.95. The molecular weight excluding hydrogens is 408 g/mol. The smallest absolute Gasteiger partial charge is 0.233 e. The van der Waals surface area contributed by atoms with Gasteiger partial charge in [0.25, 0.3) is 0 Å². The molecule has 2 aromatic rings. The maximum atomic E-state index is 14.2. The molecular formula is C29H34N2O2. The molecule has 4 fully saturated rings. The van der Waals surface area contributed by atoms with Gasteiger partial charge < -0.3 is 10.2 Å². The molecule has 4 aliphatic carbocycles. The van der Waals surface area contributed by atoms with Crippen LogP contribution in [0.5, 0.6) is 0 Å². The summed E-state index contributed by atoms with van der Waals surface area (Å²) >= 11 is 0. The normalized spacial score (nSPS) is 34.1. The van der Waals surface area contributed by atoms with Crippen molar-refractivity contribution in [2.45, 2.75) is 70.4 Å². The van der Waals surface area contributed by atoms with E-state index in [1.807, 2.05) is 42.5 Å². The fraction of sp³-hybridized carbons (Fsp3) is 0.517. The second-order valence-electron chi connectivity index (χ2n) is 11.3. The number of amides is 2. The predicted molar refractivity (Wildman–Crippen MR) is 130 cm³/mol. The minimum absolute atomic E-state index is 0.0362. The lowest BCUT2D eigenvalue weighted by Gasteiger charge is -2.57. The van der Waals surface area contributed by atoms with Gasteiger partial charge in [-0.1, -0.05) is 48.5 Å². The summed E-state index contributed by atoms with van der Waals surface area (Å²) in [5.74, 6) is 2.64. The van der Waals surface area contributed by atoms with Crippen LogP contribution in [0.25, 0.3) is 0 Å². The molecule has 2 atom stereocenters. The van der Waals surface area contributed by atoms with Crippen molar-refractivity contribution in [2.75, 3.05) is 4.90 Å². The molecule has 1 heterocycles. The minimum atomic E-state index is -0.153. The summed E-state index contributed by atoms with van der Waals surface area (Å²) < 4.78 is 0. The number of hydrogen-bond acceptors (Lipinski definition) is 2. The molecule has 4 bridgehead atoms. The molecule has 5 aliphatic rings. The first kappa shape index (κ1) is 20.9. The maximum Gasteiger partial charge on any atom is 0.233 e. The number of carbonyl (C=O) groups is 2. The van der Waals surface area contributed by atoms with Gasteiger partial charge in [-0.25, -0.2) is 0 Å². The van der Waals surface area contributed by atoms with Gasteiger partial charge in [0.15, 0.2) is 0 Å². The van der Waals surface area contributed by atoms with Crippen LogP contribution in [0.3, 0.4) is 0 Å². The van der Waals surface area contributed by atoms with Crippen molar-refractivity contribution in [3.8, 4) is 0 Å². The van der Waals surface area contributed by atoms with Crippen molar-refractivity contribution in [1.29, 1.82) is 0 Å². The van der Waals surface area contributed by atoms with E-state index in [2.05, 4.69) is 29.3 Å². The highest BCUT2D eigenvalue weighted by Crippen LogP contribution is 2.61. The predicted octanol–water partition coefficient (Wildman–Crippen LogP) is 5.43. The van der Waals surface area contributed by atoms with Crippen LogP contribution in [0.15, 0.2) is 54.6 Å². The molecule has 0 saturated heterocycles. The summed E-state index contributed by atoms with van der Waals surface area (Å²) in [4.78, 5) is 29.2. The highest BCUT2D eigenvalue weighted by atomic mass is 16.2. The van der Waals surface area contributed by atoms with Crippen molar-refractivity contribution < 1.29 is 9.59 Å². The van der Waals surface area contributed by atoms with E-state index in [9.17, 15) is 9.59 Å². The molecule has 4 nitrogen and oxygen atoms in total. The van der Waals surface area contributed by atoms with Gasteiger partial charge in [-0.05, 0) is 86.8 Å². The molecule has 7 rings (SSSR count). The van der Waals surface area contributed by atoms with Gasteiger partial charge in [-0.2, -0.15) is 0 Å². The molecule has 0 radical (unpaired) electrons. The van der Waals surface area contributed by atoms with Gasteiger partial charge in [0.2, 0.25) is 11.8 Å². The van der Waals surface area contributed by atoms with Gasteiger partial charge in [0.05, 0.1) is 17.9 Å². The van der Waals surface area contributed by atoms with Gasteiger partial charge in [0, 0.05) is 11.7 Å². The second-order valence-corrected chi connectivity index (χ2v) is 11.3. The first-order valence-electron chi connectivity index (χ1n) is 12.8. The van der Waals surface area contributed by atoms with Crippen LogP contribution in [0.1, 0.15) is 69.0 Å². The zero-order valence-electron chi connectivity index (χ0n) is 19.5. The molecule has 2 amide bonds. The van der Waals surface area contributed by atoms with Crippen LogP contribution in [0, 0.1) is 23.2 Å². The molecule has 0 aromatic heterocycles. The lowest BCUT2D eigenvalue weighted by molar-refractivity contribution is -0.144. The Morgan fingerprint density at radius 1 is 0.879 bits per heavy atom. The molecule has 172 valence electrons. The molecule has 4 heteroatoms. The van der Waals surface area contributed by atoms with E-state index < -0.39 is 0 Å². The van der Waals surface area contributed by atoms with E-state index in [1.165, 1.54) is 19.3 Å². The molecule has 2 aromatic carbocycles. The third-order valence-corrected chi connectivity index (χ3v) is 8.84. The summed E-state index contributed by atoms with van der Waals surface area (Å²) in [6.07, 6.45) is 8.41. The highest BCUT2D eigenvalue weighted by Gasteiger charge is 2.56. The Balaban J connectivity index is 1.26. The van der Waals surface area contributed by atoms with Gasteiger partial charge in [-0.3, -0.25) is 9.59 Å². The van der Waals surface area contributed by atoms with Gasteiger partial charge in [-0.15, -0.1) is 0 Å². The van der Waals surface area contributed by atoms with Crippen LogP contribution in [0.4, 0.5) is 5.69 Å². The van der Waals surface area contributed by atoms with Crippen molar-refractivity contribution in [3.63, 3.8) is 0 Å². The van der Waals surface area contributed by atoms with Crippen LogP contribution in [-0.4, -0.2) is 17.9 Å². The number of nitrogens with one attached hydrogen (secondary N) is 1. The van der Waals surface area contributed by atoms with Gasteiger partial charge >= 0.3 is 0 Å². The van der Waals surface area contributed by atoms with E-state index >= 15 is 0 Å². The van der Waals surface area contributed by atoms with E-state index in [-0.39, 0.29) is 23.4 Å². The molecule has 1 aliphatic heterocycles. The highest BCUT2D eigenvalue weighted by molar-refractivity contribution is 5.99. The summed E-state index contributed by atoms with van der Waals surface area (Å²) in [6, 6.07) is 18.1. The second kappa shape index (κ2) is 8.00. The largest absolute Gasteiger partial charge is 0.349 e. The van der Waals surface area contributed by atoms with Crippen molar-refractivity contribution >= 4 is 17.5 Å². The Kier molecular flexibility index (Phi) is 5.08. The van der Waals surface area contributed by atoms with Crippen LogP contribution >= 0.6 is 0 Å². The average molecular weight is 443 g/mol. The Morgan fingerprint density at radius 3 is 2.15 bits per heavy atom. The lowest BCUT2D eigenvalue weighted by atomic mass is 9.49. The third-order valence-electron chi connectivity index (χ3n) is 8.84.